The molecule has 0 aliphatic carbocycles. The van der Waals surface area contributed by atoms with Gasteiger partial charge in [-0.15, -0.1) is 11.8 Å². The van der Waals surface area contributed by atoms with Crippen LogP contribution in [0.4, 0.5) is 0 Å². The van der Waals surface area contributed by atoms with Crippen molar-refractivity contribution in [3.63, 3.8) is 0 Å². The molecule has 0 amide bonds. The zero-order chi connectivity index (χ0) is 11.7. The third kappa shape index (κ3) is 6.46. The van der Waals surface area contributed by atoms with E-state index in [1.165, 1.54) is 14.2 Å². The van der Waals surface area contributed by atoms with Crippen molar-refractivity contribution in [2.75, 3.05) is 20.4 Å². The third-order valence-corrected chi connectivity index (χ3v) is 3.71. The molecule has 0 unspecified atom stereocenters. The third-order valence-electron chi connectivity index (χ3n) is 1.86. The zero-order valence-corrected chi connectivity index (χ0v) is 10.3. The summed E-state index contributed by atoms with van der Waals surface area (Å²) in [6, 6.07) is 0. The lowest BCUT2D eigenvalue weighted by Gasteiger charge is -2.11. The van der Waals surface area contributed by atoms with E-state index in [0.29, 0.717) is 19.3 Å². The molecule has 0 atom stereocenters. The van der Waals surface area contributed by atoms with E-state index < -0.39 is 7.60 Å². The van der Waals surface area contributed by atoms with Gasteiger partial charge in [-0.3, -0.25) is 9.36 Å². The van der Waals surface area contributed by atoms with E-state index >= 15 is 0 Å². The highest BCUT2D eigenvalue weighted by Crippen LogP contribution is 2.46. The van der Waals surface area contributed by atoms with Crippen molar-refractivity contribution in [1.82, 2.24) is 0 Å². The van der Waals surface area contributed by atoms with Gasteiger partial charge < -0.3 is 9.05 Å². The summed E-state index contributed by atoms with van der Waals surface area (Å²) in [4.78, 5) is 11.4. The normalized spacial score (nSPS) is 10.6. The van der Waals surface area contributed by atoms with Crippen LogP contribution in [0.1, 0.15) is 26.2 Å². The van der Waals surface area contributed by atoms with Crippen LogP contribution >= 0.6 is 7.60 Å². The maximum atomic E-state index is 11.6. The van der Waals surface area contributed by atoms with Crippen molar-refractivity contribution < 1.29 is 18.4 Å². The second-order valence-corrected chi connectivity index (χ2v) is 5.22. The largest absolute Gasteiger partial charge is 0.337 e. The minimum absolute atomic E-state index is 0.111. The Kier molecular flexibility index (Phi) is 7.33. The molecule has 0 spiro atoms. The summed E-state index contributed by atoms with van der Waals surface area (Å²) >= 11 is 0. The highest BCUT2D eigenvalue weighted by atomic mass is 31.2. The molecule has 0 radical (unpaired) electrons. The fraction of sp³-hybridized carbons (Fsp3) is 0.700. The fourth-order valence-electron chi connectivity index (χ4n) is 0.998. The smallest absolute Gasteiger partial charge is 0.312 e. The first kappa shape index (κ1) is 14.4. The van der Waals surface area contributed by atoms with Crippen LogP contribution in [0, 0.1) is 11.8 Å². The van der Waals surface area contributed by atoms with Gasteiger partial charge in [0.15, 0.2) is 0 Å². The van der Waals surface area contributed by atoms with Crippen LogP contribution in [0.3, 0.4) is 0 Å². The van der Waals surface area contributed by atoms with Gasteiger partial charge >= 0.3 is 7.60 Å². The zero-order valence-electron chi connectivity index (χ0n) is 9.41. The van der Waals surface area contributed by atoms with E-state index in [9.17, 15) is 9.36 Å². The molecule has 0 aromatic carbocycles. The molecule has 0 saturated heterocycles. The Labute approximate surface area is 90.9 Å². The highest BCUT2D eigenvalue weighted by molar-refractivity contribution is 7.54. The van der Waals surface area contributed by atoms with E-state index in [0.717, 1.165) is 0 Å². The summed E-state index contributed by atoms with van der Waals surface area (Å²) in [6.07, 6.45) is 1.59. The van der Waals surface area contributed by atoms with Crippen LogP contribution in [-0.2, 0) is 18.4 Å². The first-order chi connectivity index (χ1) is 7.08. The highest BCUT2D eigenvalue weighted by Gasteiger charge is 2.24. The summed E-state index contributed by atoms with van der Waals surface area (Å²) in [5.74, 6) is 5.50. The van der Waals surface area contributed by atoms with E-state index in [4.69, 9.17) is 0 Å². The van der Waals surface area contributed by atoms with Crippen LogP contribution < -0.4 is 0 Å². The summed E-state index contributed by atoms with van der Waals surface area (Å²) in [7, 11) is -0.623. The molecule has 0 aromatic rings. The van der Waals surface area contributed by atoms with Crippen molar-refractivity contribution >= 4 is 13.4 Å². The maximum absolute atomic E-state index is 11.6. The molecule has 0 aliphatic rings. The van der Waals surface area contributed by atoms with Gasteiger partial charge in [0.05, 0.1) is 0 Å². The Bertz CT molecular complexity index is 292. The Morgan fingerprint density at radius 1 is 1.33 bits per heavy atom. The van der Waals surface area contributed by atoms with Gasteiger partial charge in [-0.05, 0) is 13.3 Å². The first-order valence-electron chi connectivity index (χ1n) is 4.70. The lowest BCUT2D eigenvalue weighted by atomic mass is 10.2. The number of ketones is 1. The summed E-state index contributed by atoms with van der Waals surface area (Å²) in [5.41, 5.74) is 0. The predicted molar refractivity (Wildman–Crippen MR) is 58.8 cm³/mol. The van der Waals surface area contributed by atoms with Gasteiger partial charge in [-0.2, -0.15) is 0 Å². The molecule has 86 valence electrons. The van der Waals surface area contributed by atoms with Gasteiger partial charge in [0, 0.05) is 27.1 Å². The van der Waals surface area contributed by atoms with Gasteiger partial charge in [0.1, 0.15) is 11.9 Å². The van der Waals surface area contributed by atoms with Crippen molar-refractivity contribution in [1.29, 1.82) is 0 Å². The molecule has 0 bridgehead atoms. The summed E-state index contributed by atoms with van der Waals surface area (Å²) in [5, 5.41) is 0. The Morgan fingerprint density at radius 2 is 1.93 bits per heavy atom. The van der Waals surface area contributed by atoms with Crippen LogP contribution in [0.2, 0.25) is 0 Å². The average molecular weight is 232 g/mol. The molecule has 0 saturated carbocycles. The number of carbonyl (C=O) groups is 1. The minimum Gasteiger partial charge on any atom is -0.312 e. The molecule has 4 nitrogen and oxygen atoms in total. The van der Waals surface area contributed by atoms with Crippen LogP contribution in [0.5, 0.6) is 0 Å². The molecular weight excluding hydrogens is 215 g/mol. The SMILES string of the molecule is CC#CCCCC(=O)CP(=O)(OC)OC. The number of carbonyl (C=O) groups excluding carboxylic acids is 1. The Balaban J connectivity index is 3.91. The lowest BCUT2D eigenvalue weighted by Crippen LogP contribution is -2.07. The number of unbranched alkanes of at least 4 members (excludes halogenated alkanes) is 1. The second kappa shape index (κ2) is 7.64. The number of hydrogen-bond acceptors (Lipinski definition) is 4. The topological polar surface area (TPSA) is 52.6 Å². The molecule has 0 aliphatic heterocycles. The van der Waals surface area contributed by atoms with Gasteiger partial charge in [-0.25, -0.2) is 0 Å². The van der Waals surface area contributed by atoms with Crippen LogP contribution in [0.15, 0.2) is 0 Å². The van der Waals surface area contributed by atoms with Crippen molar-refractivity contribution in [2.45, 2.75) is 26.2 Å². The molecule has 15 heavy (non-hydrogen) atoms. The second-order valence-electron chi connectivity index (χ2n) is 2.95. The summed E-state index contributed by atoms with van der Waals surface area (Å²) in [6.45, 7) is 1.76. The van der Waals surface area contributed by atoms with Crippen LogP contribution in [-0.4, -0.2) is 26.2 Å². The van der Waals surface area contributed by atoms with E-state index in [2.05, 4.69) is 20.9 Å². The van der Waals surface area contributed by atoms with Crippen molar-refractivity contribution in [3.05, 3.63) is 0 Å². The quantitative estimate of drug-likeness (QED) is 0.383. The van der Waals surface area contributed by atoms with Gasteiger partial charge in [-0.1, -0.05) is 0 Å². The number of rotatable bonds is 7. The molecular formula is C10H17O4P. The van der Waals surface area contributed by atoms with Crippen molar-refractivity contribution in [3.8, 4) is 11.8 Å². The predicted octanol–water partition coefficient (Wildman–Crippen LogP) is 2.24. The lowest BCUT2D eigenvalue weighted by molar-refractivity contribution is -0.117. The minimum atomic E-state index is -3.18. The van der Waals surface area contributed by atoms with E-state index in [1.807, 2.05) is 0 Å². The summed E-state index contributed by atoms with van der Waals surface area (Å²) < 4.78 is 20.9. The average Bonchev–Trinajstić information content (AvgIpc) is 2.24. The molecule has 0 fully saturated rings. The van der Waals surface area contributed by atoms with E-state index in [1.54, 1.807) is 6.92 Å². The van der Waals surface area contributed by atoms with Crippen molar-refractivity contribution in [2.24, 2.45) is 0 Å². The molecule has 0 rings (SSSR count). The Morgan fingerprint density at radius 3 is 2.40 bits per heavy atom. The Hall–Kier alpha value is -0.620. The monoisotopic (exact) mass is 232 g/mol. The van der Waals surface area contributed by atoms with Crippen LogP contribution in [0.25, 0.3) is 0 Å². The molecule has 5 heteroatoms. The molecule has 0 N–H and O–H groups in total. The maximum Gasteiger partial charge on any atom is 0.337 e. The standard InChI is InChI=1S/C10H17O4P/c1-4-5-6-7-8-10(11)9-15(12,13-2)14-3/h6-9H2,1-3H3. The van der Waals surface area contributed by atoms with Gasteiger partial charge in [0.2, 0.25) is 0 Å². The molecule has 0 aromatic heterocycles. The number of hydrogen-bond donors (Lipinski definition) is 0. The number of Topliss-reactive ketones (excluding diaryl/α,β-unsaturated/α-hetero) is 1. The van der Waals surface area contributed by atoms with Gasteiger partial charge in [0.25, 0.3) is 0 Å². The first-order valence-corrected chi connectivity index (χ1v) is 6.42. The fourth-order valence-corrected chi connectivity index (χ4v) is 1.99. The molecule has 0 heterocycles. The van der Waals surface area contributed by atoms with E-state index in [-0.39, 0.29) is 11.9 Å².